The third kappa shape index (κ3) is 6.68. The summed E-state index contributed by atoms with van der Waals surface area (Å²) in [5.41, 5.74) is 0. The number of Topliss-reactive ketones (excluding diaryl/α,β-unsaturated/α-hetero) is 1. The first-order valence-electron chi connectivity index (χ1n) is 11.2. The second kappa shape index (κ2) is 12.0. The molecule has 166 valence electrons. The van der Waals surface area contributed by atoms with Gasteiger partial charge in [0.1, 0.15) is 5.78 Å². The highest BCUT2D eigenvalue weighted by molar-refractivity contribution is 7.73. The van der Waals surface area contributed by atoms with Crippen molar-refractivity contribution in [1.29, 1.82) is 0 Å². The van der Waals surface area contributed by atoms with E-state index in [1.54, 1.807) is 6.92 Å². The predicted molar refractivity (Wildman–Crippen MR) is 145 cm³/mol. The molecule has 4 aromatic rings. The highest BCUT2D eigenvalue weighted by Crippen LogP contribution is 2.39. The molecular weight excluding hydrogens is 440 g/mol. The third-order valence-electron chi connectivity index (χ3n) is 5.40. The molecule has 0 fully saturated rings. The number of hydrogen-bond donors (Lipinski definition) is 0. The molecule has 33 heavy (non-hydrogen) atoms. The van der Waals surface area contributed by atoms with Gasteiger partial charge in [0.15, 0.2) is 0 Å². The van der Waals surface area contributed by atoms with E-state index in [1.807, 2.05) is 0 Å². The molecule has 4 aromatic carbocycles. The van der Waals surface area contributed by atoms with Crippen molar-refractivity contribution < 1.29 is 4.79 Å². The number of benzene rings is 4. The van der Waals surface area contributed by atoms with Gasteiger partial charge < -0.3 is 0 Å². The van der Waals surface area contributed by atoms with Crippen LogP contribution in [0.25, 0.3) is 0 Å². The van der Waals surface area contributed by atoms with Crippen LogP contribution < -0.4 is 21.2 Å². The van der Waals surface area contributed by atoms with E-state index in [2.05, 4.69) is 126 Å². The Hall–Kier alpha value is -2.63. The number of rotatable bonds is 10. The van der Waals surface area contributed by atoms with E-state index in [-0.39, 0.29) is 5.78 Å². The molecule has 0 spiro atoms. The molecule has 0 radical (unpaired) electrons. The molecule has 4 heteroatoms. The van der Waals surface area contributed by atoms with Crippen LogP contribution >= 0.6 is 15.8 Å². The Kier molecular flexibility index (Phi) is 8.56. The summed E-state index contributed by atoms with van der Waals surface area (Å²) in [6.45, 7) is 2.17. The molecule has 0 aliphatic rings. The fourth-order valence-electron chi connectivity index (χ4n) is 3.92. The van der Waals surface area contributed by atoms with Crippen LogP contribution in [0.5, 0.6) is 0 Å². The highest BCUT2D eigenvalue weighted by Gasteiger charge is 2.23. The summed E-state index contributed by atoms with van der Waals surface area (Å²) in [6.07, 6.45) is 1.73. The Morgan fingerprint density at radius 2 is 0.818 bits per heavy atom. The molecule has 0 aliphatic carbocycles. The number of carbonyl (C=O) groups excluding carboxylic acids is 1. The van der Waals surface area contributed by atoms with Crippen LogP contribution in [0.3, 0.4) is 0 Å². The van der Waals surface area contributed by atoms with Gasteiger partial charge in [-0.1, -0.05) is 121 Å². The van der Waals surface area contributed by atoms with Crippen LogP contribution in [0, 0.1) is 0 Å². The zero-order valence-corrected chi connectivity index (χ0v) is 20.7. The molecule has 2 nitrogen and oxygen atoms in total. The molecule has 0 heterocycles. The third-order valence-corrected chi connectivity index (χ3v) is 10.5. The summed E-state index contributed by atoms with van der Waals surface area (Å²) < 4.78 is 0. The van der Waals surface area contributed by atoms with Gasteiger partial charge in [0.05, 0.1) is 6.54 Å². The molecule has 0 saturated heterocycles. The number of carbonyl (C=O) groups is 1. The van der Waals surface area contributed by atoms with Crippen LogP contribution in [0.2, 0.25) is 0 Å². The highest BCUT2D eigenvalue weighted by atomic mass is 31.1. The molecule has 0 aromatic heterocycles. The standard InChI is InChI=1S/C29H29NOP2/c1-25(31)22-30(23-32(26-14-6-2-7-15-26)27-16-8-3-9-17-27)24-33(28-18-10-4-11-19-28)29-20-12-5-13-21-29/h2-21H,22-24H2,1H3. The van der Waals surface area contributed by atoms with E-state index in [0.717, 1.165) is 12.6 Å². The van der Waals surface area contributed by atoms with Crippen molar-refractivity contribution in [2.45, 2.75) is 6.92 Å². The first-order chi connectivity index (χ1) is 16.2. The van der Waals surface area contributed by atoms with Crippen LogP contribution in [0.15, 0.2) is 121 Å². The first kappa shape index (κ1) is 23.5. The molecule has 4 rings (SSSR count). The van der Waals surface area contributed by atoms with Gasteiger partial charge in [-0.25, -0.2) is 0 Å². The molecule has 0 bridgehead atoms. The van der Waals surface area contributed by atoms with Crippen molar-refractivity contribution in [3.05, 3.63) is 121 Å². The van der Waals surface area contributed by atoms with Crippen molar-refractivity contribution in [3.8, 4) is 0 Å². The average Bonchev–Trinajstić information content (AvgIpc) is 2.87. The Morgan fingerprint density at radius 1 is 0.545 bits per heavy atom. The van der Waals surface area contributed by atoms with Gasteiger partial charge in [-0.15, -0.1) is 0 Å². The Balaban J connectivity index is 1.68. The van der Waals surface area contributed by atoms with Crippen LogP contribution in [-0.4, -0.2) is 29.8 Å². The summed E-state index contributed by atoms with van der Waals surface area (Å²) in [5.74, 6) is 0.210. The minimum absolute atomic E-state index is 0.210. The Labute approximate surface area is 199 Å². The summed E-state index contributed by atoms with van der Waals surface area (Å²) in [7, 11) is -1.21. The molecule has 0 N–H and O–H groups in total. The second-order valence-electron chi connectivity index (χ2n) is 8.01. The van der Waals surface area contributed by atoms with Crippen molar-refractivity contribution in [1.82, 2.24) is 4.90 Å². The lowest BCUT2D eigenvalue weighted by atomic mass is 10.4. The molecule has 0 saturated carbocycles. The van der Waals surface area contributed by atoms with Gasteiger partial charge in [0.25, 0.3) is 0 Å². The number of hydrogen-bond acceptors (Lipinski definition) is 2. The lowest BCUT2D eigenvalue weighted by Crippen LogP contribution is -2.35. The fraction of sp³-hybridized carbons (Fsp3) is 0.138. The van der Waals surface area contributed by atoms with Gasteiger partial charge in [-0.05, 0) is 44.0 Å². The maximum atomic E-state index is 12.3. The summed E-state index contributed by atoms with van der Waals surface area (Å²) in [5, 5.41) is 5.37. The molecular formula is C29H29NOP2. The lowest BCUT2D eigenvalue weighted by molar-refractivity contribution is -0.117. The average molecular weight is 470 g/mol. The lowest BCUT2D eigenvalue weighted by Gasteiger charge is -2.31. The zero-order valence-electron chi connectivity index (χ0n) is 18.9. The largest absolute Gasteiger partial charge is 0.299 e. The van der Waals surface area contributed by atoms with Crippen molar-refractivity contribution in [3.63, 3.8) is 0 Å². The van der Waals surface area contributed by atoms with Crippen molar-refractivity contribution in [2.24, 2.45) is 0 Å². The summed E-state index contributed by atoms with van der Waals surface area (Å²) >= 11 is 0. The quantitative estimate of drug-likeness (QED) is 0.303. The van der Waals surface area contributed by atoms with Gasteiger partial charge in [-0.3, -0.25) is 9.69 Å². The maximum Gasteiger partial charge on any atom is 0.143 e. The van der Waals surface area contributed by atoms with E-state index in [0.29, 0.717) is 6.54 Å². The van der Waals surface area contributed by atoms with Gasteiger partial charge >= 0.3 is 0 Å². The molecule has 0 aliphatic heterocycles. The van der Waals surface area contributed by atoms with E-state index in [9.17, 15) is 4.79 Å². The maximum absolute atomic E-state index is 12.3. The molecule has 0 unspecified atom stereocenters. The van der Waals surface area contributed by atoms with Gasteiger partial charge in [-0.2, -0.15) is 0 Å². The minimum atomic E-state index is -0.605. The van der Waals surface area contributed by atoms with Crippen molar-refractivity contribution in [2.75, 3.05) is 19.1 Å². The van der Waals surface area contributed by atoms with Gasteiger partial charge in [0.2, 0.25) is 0 Å². The monoisotopic (exact) mass is 469 g/mol. The molecule has 0 amide bonds. The first-order valence-corrected chi connectivity index (χ1v) is 14.2. The Bertz CT molecular complexity index is 957. The molecule has 0 atom stereocenters. The number of nitrogens with zero attached hydrogens (tertiary/aromatic N) is 1. The topological polar surface area (TPSA) is 20.3 Å². The normalized spacial score (nSPS) is 11.3. The van der Waals surface area contributed by atoms with Crippen LogP contribution in [0.1, 0.15) is 6.92 Å². The van der Waals surface area contributed by atoms with Crippen molar-refractivity contribution >= 4 is 42.8 Å². The predicted octanol–water partition coefficient (Wildman–Crippen LogP) is 5.06. The van der Waals surface area contributed by atoms with Crippen LogP contribution in [-0.2, 0) is 4.79 Å². The van der Waals surface area contributed by atoms with E-state index < -0.39 is 15.8 Å². The summed E-state index contributed by atoms with van der Waals surface area (Å²) in [4.78, 5) is 14.7. The van der Waals surface area contributed by atoms with E-state index in [1.165, 1.54) is 21.2 Å². The van der Waals surface area contributed by atoms with Gasteiger partial charge in [0, 0.05) is 12.6 Å². The minimum Gasteiger partial charge on any atom is -0.299 e. The smallest absolute Gasteiger partial charge is 0.143 e. The van der Waals surface area contributed by atoms with Crippen LogP contribution in [0.4, 0.5) is 0 Å². The Morgan fingerprint density at radius 3 is 1.06 bits per heavy atom. The second-order valence-corrected chi connectivity index (χ2v) is 12.4. The SMILES string of the molecule is CC(=O)CN(CP(c1ccccc1)c1ccccc1)CP(c1ccccc1)c1ccccc1. The fourth-order valence-corrected chi connectivity index (χ4v) is 8.65. The zero-order chi connectivity index (χ0) is 22.9. The summed E-state index contributed by atoms with van der Waals surface area (Å²) in [6, 6.07) is 43.0. The number of ketones is 1. The van der Waals surface area contributed by atoms with E-state index in [4.69, 9.17) is 0 Å². The van der Waals surface area contributed by atoms with E-state index >= 15 is 0 Å².